The second-order valence-corrected chi connectivity index (χ2v) is 5.06. The lowest BCUT2D eigenvalue weighted by atomic mass is 10.1. The topological polar surface area (TPSA) is 28.2 Å². The van der Waals surface area contributed by atoms with E-state index in [-0.39, 0.29) is 0 Å². The highest BCUT2D eigenvalue weighted by Gasteiger charge is 2.13. The van der Waals surface area contributed by atoms with Gasteiger partial charge in [-0.15, -0.1) is 0 Å². The summed E-state index contributed by atoms with van der Waals surface area (Å²) in [5.74, 6) is 0. The maximum absolute atomic E-state index is 4.71. The number of hydrogen-bond donors (Lipinski definition) is 1. The molecule has 0 unspecified atom stereocenters. The van der Waals surface area contributed by atoms with Crippen molar-refractivity contribution < 1.29 is 0 Å². The fourth-order valence-corrected chi connectivity index (χ4v) is 2.53. The van der Waals surface area contributed by atoms with Gasteiger partial charge < -0.3 is 10.2 Å². The van der Waals surface area contributed by atoms with Crippen LogP contribution in [0.3, 0.4) is 0 Å². The van der Waals surface area contributed by atoms with Gasteiger partial charge in [0.25, 0.3) is 0 Å². The average Bonchev–Trinajstić information content (AvgIpc) is 2.39. The van der Waals surface area contributed by atoms with Crippen molar-refractivity contribution in [1.29, 1.82) is 0 Å². The molecule has 1 aromatic heterocycles. The van der Waals surface area contributed by atoms with Gasteiger partial charge in [-0.25, -0.2) is 0 Å². The van der Waals surface area contributed by atoms with Gasteiger partial charge in [-0.2, -0.15) is 0 Å². The molecule has 3 nitrogen and oxygen atoms in total. The molecule has 102 valence electrons. The second-order valence-electron chi connectivity index (χ2n) is 5.06. The van der Waals surface area contributed by atoms with Crippen molar-refractivity contribution in [2.75, 3.05) is 18.5 Å². The van der Waals surface area contributed by atoms with Gasteiger partial charge in [0, 0.05) is 30.2 Å². The molecule has 0 atom stereocenters. The maximum atomic E-state index is 4.71. The van der Waals surface area contributed by atoms with Crippen LogP contribution in [0.15, 0.2) is 30.3 Å². The number of fused-ring (bicyclic) bond motifs is 1. The lowest BCUT2D eigenvalue weighted by molar-refractivity contribution is 0.704. The van der Waals surface area contributed by atoms with Crippen molar-refractivity contribution in [2.45, 2.75) is 33.4 Å². The summed E-state index contributed by atoms with van der Waals surface area (Å²) in [6, 6.07) is 11.1. The van der Waals surface area contributed by atoms with Crippen molar-refractivity contribution in [3.05, 3.63) is 36.0 Å². The van der Waals surface area contributed by atoms with Crippen LogP contribution in [-0.4, -0.2) is 24.6 Å². The number of benzene rings is 1. The predicted octanol–water partition coefficient (Wildman–Crippen LogP) is 3.19. The first-order valence-corrected chi connectivity index (χ1v) is 6.97. The van der Waals surface area contributed by atoms with Crippen molar-refractivity contribution in [1.82, 2.24) is 10.3 Å². The van der Waals surface area contributed by atoms with E-state index in [1.54, 1.807) is 0 Å². The standard InChI is InChI=1S/C16H23N3/c1-5-19(12(2)3)16-10-13(11-17-4)18-15-9-7-6-8-14(15)16/h6-10,12,17H,5,11H2,1-4H3. The molecule has 2 rings (SSSR count). The lowest BCUT2D eigenvalue weighted by Gasteiger charge is -2.29. The zero-order chi connectivity index (χ0) is 13.8. The van der Waals surface area contributed by atoms with Crippen LogP contribution in [0.4, 0.5) is 5.69 Å². The Morgan fingerprint density at radius 3 is 2.63 bits per heavy atom. The summed E-state index contributed by atoms with van der Waals surface area (Å²) in [7, 11) is 1.95. The number of aromatic nitrogens is 1. The third kappa shape index (κ3) is 2.87. The van der Waals surface area contributed by atoms with E-state index < -0.39 is 0 Å². The molecule has 0 bridgehead atoms. The third-order valence-electron chi connectivity index (χ3n) is 3.38. The number of pyridine rings is 1. The Balaban J connectivity index is 2.61. The van der Waals surface area contributed by atoms with E-state index in [4.69, 9.17) is 4.98 Å². The highest BCUT2D eigenvalue weighted by Crippen LogP contribution is 2.28. The van der Waals surface area contributed by atoms with Crippen molar-refractivity contribution in [3.8, 4) is 0 Å². The van der Waals surface area contributed by atoms with E-state index in [1.807, 2.05) is 13.1 Å². The van der Waals surface area contributed by atoms with Crippen LogP contribution in [0.2, 0.25) is 0 Å². The summed E-state index contributed by atoms with van der Waals surface area (Å²) < 4.78 is 0. The first-order chi connectivity index (χ1) is 9.17. The van der Waals surface area contributed by atoms with Crippen LogP contribution in [0.5, 0.6) is 0 Å². The maximum Gasteiger partial charge on any atom is 0.0726 e. The van der Waals surface area contributed by atoms with Crippen LogP contribution >= 0.6 is 0 Å². The Bertz CT molecular complexity index is 549. The van der Waals surface area contributed by atoms with Crippen LogP contribution < -0.4 is 10.2 Å². The first kappa shape index (κ1) is 13.8. The van der Waals surface area contributed by atoms with E-state index >= 15 is 0 Å². The third-order valence-corrected chi connectivity index (χ3v) is 3.38. The summed E-state index contributed by atoms with van der Waals surface area (Å²) in [6.45, 7) is 8.47. The molecule has 0 saturated heterocycles. The molecule has 0 aliphatic rings. The SMILES string of the molecule is CCN(c1cc(CNC)nc2ccccc12)C(C)C. The van der Waals surface area contributed by atoms with Gasteiger partial charge in [0.15, 0.2) is 0 Å². The summed E-state index contributed by atoms with van der Waals surface area (Å²) in [6.07, 6.45) is 0. The van der Waals surface area contributed by atoms with Crippen LogP contribution in [0.25, 0.3) is 10.9 Å². The second kappa shape index (κ2) is 6.02. The highest BCUT2D eigenvalue weighted by atomic mass is 15.1. The van der Waals surface area contributed by atoms with Crippen molar-refractivity contribution in [2.24, 2.45) is 0 Å². The summed E-state index contributed by atoms with van der Waals surface area (Å²) in [5, 5.41) is 4.42. The molecule has 1 aromatic carbocycles. The molecule has 0 aliphatic heterocycles. The molecule has 0 amide bonds. The molecule has 0 saturated carbocycles. The van der Waals surface area contributed by atoms with Gasteiger partial charge in [-0.3, -0.25) is 4.98 Å². The molecular weight excluding hydrogens is 234 g/mol. The monoisotopic (exact) mass is 257 g/mol. The summed E-state index contributed by atoms with van der Waals surface area (Å²) in [4.78, 5) is 7.13. The smallest absolute Gasteiger partial charge is 0.0726 e. The fraction of sp³-hybridized carbons (Fsp3) is 0.438. The molecule has 19 heavy (non-hydrogen) atoms. The molecule has 1 N–H and O–H groups in total. The predicted molar refractivity (Wildman–Crippen MR) is 82.7 cm³/mol. The number of rotatable bonds is 5. The molecule has 3 heteroatoms. The van der Waals surface area contributed by atoms with Gasteiger partial charge in [0.05, 0.1) is 11.2 Å². The normalized spacial score (nSPS) is 11.2. The molecular formula is C16H23N3. The van der Waals surface area contributed by atoms with Gasteiger partial charge in [0.1, 0.15) is 0 Å². The fourth-order valence-electron chi connectivity index (χ4n) is 2.53. The number of para-hydroxylation sites is 1. The van der Waals surface area contributed by atoms with Crippen LogP contribution in [0, 0.1) is 0 Å². The Labute approximate surface area is 115 Å². The van der Waals surface area contributed by atoms with Gasteiger partial charge in [-0.1, -0.05) is 18.2 Å². The van der Waals surface area contributed by atoms with E-state index in [2.05, 4.69) is 55.3 Å². The van der Waals surface area contributed by atoms with E-state index in [9.17, 15) is 0 Å². The van der Waals surface area contributed by atoms with Gasteiger partial charge in [0.2, 0.25) is 0 Å². The Kier molecular flexibility index (Phi) is 4.38. The molecule has 0 aliphatic carbocycles. The Morgan fingerprint density at radius 2 is 2.00 bits per heavy atom. The van der Waals surface area contributed by atoms with E-state index in [1.165, 1.54) is 11.1 Å². The van der Waals surface area contributed by atoms with Crippen LogP contribution in [0.1, 0.15) is 26.5 Å². The summed E-state index contributed by atoms with van der Waals surface area (Å²) >= 11 is 0. The minimum Gasteiger partial charge on any atom is -0.369 e. The summed E-state index contributed by atoms with van der Waals surface area (Å²) in [5.41, 5.74) is 3.45. The molecule has 1 heterocycles. The van der Waals surface area contributed by atoms with Crippen molar-refractivity contribution in [3.63, 3.8) is 0 Å². The first-order valence-electron chi connectivity index (χ1n) is 6.97. The van der Waals surface area contributed by atoms with Gasteiger partial charge in [-0.05, 0) is 40.0 Å². The Hall–Kier alpha value is -1.61. The average molecular weight is 257 g/mol. The largest absolute Gasteiger partial charge is 0.369 e. The number of hydrogen-bond acceptors (Lipinski definition) is 3. The quantitative estimate of drug-likeness (QED) is 0.891. The Morgan fingerprint density at radius 1 is 1.26 bits per heavy atom. The number of nitrogens with zero attached hydrogens (tertiary/aromatic N) is 2. The minimum atomic E-state index is 0.484. The lowest BCUT2D eigenvalue weighted by Crippen LogP contribution is -2.30. The minimum absolute atomic E-state index is 0.484. The van der Waals surface area contributed by atoms with E-state index in [0.29, 0.717) is 6.04 Å². The number of nitrogens with one attached hydrogen (secondary N) is 1. The zero-order valence-electron chi connectivity index (χ0n) is 12.3. The molecule has 0 spiro atoms. The van der Waals surface area contributed by atoms with Crippen molar-refractivity contribution >= 4 is 16.6 Å². The molecule has 0 fully saturated rings. The van der Waals surface area contributed by atoms with Gasteiger partial charge >= 0.3 is 0 Å². The molecule has 2 aromatic rings. The van der Waals surface area contributed by atoms with E-state index in [0.717, 1.165) is 24.3 Å². The highest BCUT2D eigenvalue weighted by molar-refractivity contribution is 5.92. The van der Waals surface area contributed by atoms with Crippen LogP contribution in [-0.2, 0) is 6.54 Å². The number of anilines is 1. The molecule has 0 radical (unpaired) electrons. The zero-order valence-corrected chi connectivity index (χ0v) is 12.3.